The molecular formula is C71H79F5N10O7S2. The maximum atomic E-state index is 14.2. The Bertz CT molecular complexity index is 4440. The molecule has 0 spiro atoms. The van der Waals surface area contributed by atoms with Crippen LogP contribution in [0.25, 0.3) is 66.2 Å². The molecule has 5 aromatic carbocycles. The van der Waals surface area contributed by atoms with Crippen LogP contribution in [0.1, 0.15) is 102 Å². The van der Waals surface area contributed by atoms with Gasteiger partial charge in [0.1, 0.15) is 34.6 Å². The number of hydrogen-bond acceptors (Lipinski definition) is 14. The third kappa shape index (κ3) is 15.1. The first kappa shape index (κ1) is 66.8. The van der Waals surface area contributed by atoms with Crippen molar-refractivity contribution in [1.29, 1.82) is 0 Å². The molecular weight excluding hydrogens is 1260 g/mol. The summed E-state index contributed by atoms with van der Waals surface area (Å²) < 4.78 is 107. The van der Waals surface area contributed by atoms with E-state index in [1.54, 1.807) is 50.7 Å². The topological polar surface area (TPSA) is 172 Å². The van der Waals surface area contributed by atoms with E-state index in [1.165, 1.54) is 6.07 Å². The SMILES string of the molecule is C=S1(=O)CCCN1c1ccc(-c2cc(O[C@H](C)[C@H]3CCC(=O)C3)c3cn(C)nc3c2)cc1.C[C@@H](Oc1cc(-c2ccc(N3CCN(C)CC3)c(C(F)(F)F)c2)cc2nn(C)cc12)[C@H]1CCC(=O)C1.C[C@@H](Oc1cc(-c2csc(C(F)F)n2)cc2nn(C)cc12)[C@H]1CCC(=O)C1. The third-order valence-electron chi connectivity index (χ3n) is 19.1. The highest BCUT2D eigenvalue weighted by molar-refractivity contribution is 8.01. The summed E-state index contributed by atoms with van der Waals surface area (Å²) in [5.41, 5.74) is 7.07. The number of aryl methyl sites for hydroxylation is 3. The molecule has 14 rings (SSSR count). The van der Waals surface area contributed by atoms with Crippen LogP contribution in [0.2, 0.25) is 0 Å². The standard InChI is InChI=1S/C27H31F3N4O2.C25H29N3O3S.C19H19F2N3O2S/c1-17(18-4-6-21(35)12-18)36-26-15-20(14-24-22(26)16-33(3)31-24)19-5-7-25(23(13-19)27(28,29)30)34-10-8-32(2)9-11-34;1-17(19-7-10-22(29)13-19)31-25-15-20(14-24-23(25)16-27(2)26-24)18-5-8-21(9-6-18)28-11-4-12-32(28,3)30;1-10(11-3-4-13(25)5-11)26-17-7-12(6-15-14(17)8-24(2)23-15)16-9-27-19(22-16)18(20)21/h5,7,13-18H,4,6,8-12H2,1-3H3;5-6,8-9,14-17,19H,3-4,7,10-13H2,1-2H3;6-11,18H,3-5H2,1-2H3/t17-,18+;17-,19+,32?;10-,11+/m111/s1. The summed E-state index contributed by atoms with van der Waals surface area (Å²) in [5.74, 6) is 8.01. The molecule has 3 saturated carbocycles. The number of halogens is 5. The molecule has 3 aliphatic carbocycles. The van der Waals surface area contributed by atoms with Crippen molar-refractivity contribution in [2.75, 3.05) is 54.7 Å². The van der Waals surface area contributed by atoms with Crippen LogP contribution in [0.3, 0.4) is 0 Å². The van der Waals surface area contributed by atoms with E-state index >= 15 is 0 Å². The molecule has 24 heteroatoms. The number of carbonyl (C=O) groups excluding carboxylic acids is 3. The molecule has 0 N–H and O–H groups in total. The molecule has 95 heavy (non-hydrogen) atoms. The molecule has 5 aliphatic rings. The zero-order valence-electron chi connectivity index (χ0n) is 54.4. The predicted octanol–water partition coefficient (Wildman–Crippen LogP) is 14.1. The van der Waals surface area contributed by atoms with Gasteiger partial charge in [-0.1, -0.05) is 18.2 Å². The van der Waals surface area contributed by atoms with Gasteiger partial charge in [-0.05, 0) is 142 Å². The molecule has 2 aliphatic heterocycles. The number of nitrogens with zero attached hydrogens (tertiary/aromatic N) is 10. The Morgan fingerprint density at radius 3 is 1.43 bits per heavy atom. The molecule has 0 amide bonds. The minimum atomic E-state index is -4.48. The van der Waals surface area contributed by atoms with Crippen molar-refractivity contribution in [3.63, 3.8) is 0 Å². The van der Waals surface area contributed by atoms with Crippen molar-refractivity contribution in [2.45, 2.75) is 116 Å². The Morgan fingerprint density at radius 1 is 0.579 bits per heavy atom. The van der Waals surface area contributed by atoms with E-state index in [0.717, 1.165) is 101 Å². The minimum absolute atomic E-state index is 0.0390. The number of likely N-dealkylation sites (N-methyl/N-ethyl adjacent to an activating group) is 1. The summed E-state index contributed by atoms with van der Waals surface area (Å²) >= 11 is 0.938. The number of ketones is 3. The number of aromatic nitrogens is 7. The third-order valence-corrected chi connectivity index (χ3v) is 22.1. The van der Waals surface area contributed by atoms with Crippen molar-refractivity contribution in [3.8, 4) is 50.8 Å². The summed E-state index contributed by atoms with van der Waals surface area (Å²) in [6.07, 6.45) is 5.17. The molecule has 9 aromatic rings. The van der Waals surface area contributed by atoms with Crippen LogP contribution in [0.5, 0.6) is 17.2 Å². The van der Waals surface area contributed by atoms with Crippen LogP contribution in [-0.2, 0) is 51.4 Å². The first-order chi connectivity index (χ1) is 45.3. The fourth-order valence-corrected chi connectivity index (χ4v) is 16.1. The average Bonchev–Trinajstić information content (AvgIpc) is 1.78. The van der Waals surface area contributed by atoms with E-state index in [-0.39, 0.29) is 58.3 Å². The maximum Gasteiger partial charge on any atom is 0.418 e. The minimum Gasteiger partial charge on any atom is -0.490 e. The lowest BCUT2D eigenvalue weighted by Crippen LogP contribution is -2.45. The Labute approximate surface area is 553 Å². The normalized spacial score (nSPS) is 21.2. The van der Waals surface area contributed by atoms with Crippen molar-refractivity contribution < 1.29 is 54.8 Å². The van der Waals surface area contributed by atoms with Crippen LogP contribution >= 0.6 is 11.3 Å². The van der Waals surface area contributed by atoms with E-state index in [4.69, 9.17) is 14.2 Å². The highest BCUT2D eigenvalue weighted by atomic mass is 32.2. The molecule has 17 nitrogen and oxygen atoms in total. The molecule has 502 valence electrons. The summed E-state index contributed by atoms with van der Waals surface area (Å²) in [6.45, 7) is 9.31. The predicted molar refractivity (Wildman–Crippen MR) is 363 cm³/mol. The summed E-state index contributed by atoms with van der Waals surface area (Å²) in [7, 11) is 5.30. The van der Waals surface area contributed by atoms with Crippen molar-refractivity contribution in [2.24, 2.45) is 38.9 Å². The summed E-state index contributed by atoms with van der Waals surface area (Å²) in [5, 5.41) is 17.6. The summed E-state index contributed by atoms with van der Waals surface area (Å²) in [4.78, 5) is 43.1. The van der Waals surface area contributed by atoms with Gasteiger partial charge in [-0.3, -0.25) is 32.7 Å². The van der Waals surface area contributed by atoms with Gasteiger partial charge in [-0.2, -0.15) is 28.5 Å². The number of rotatable bonds is 15. The van der Waals surface area contributed by atoms with Crippen LogP contribution in [-0.4, -0.2) is 130 Å². The second-order valence-corrected chi connectivity index (χ2v) is 29.4. The molecule has 1 unspecified atom stereocenters. The zero-order valence-corrected chi connectivity index (χ0v) is 56.0. The number of Topliss-reactive ketones (excluding diaryl/α,β-unsaturated/α-hetero) is 3. The Kier molecular flexibility index (Phi) is 19.3. The lowest BCUT2D eigenvalue weighted by atomic mass is 9.99. The quantitative estimate of drug-likeness (QED) is 0.0702. The van der Waals surface area contributed by atoms with Crippen molar-refractivity contribution >= 4 is 88.3 Å². The van der Waals surface area contributed by atoms with Gasteiger partial charge in [0.15, 0.2) is 5.01 Å². The number of anilines is 2. The number of hydrogen-bond donors (Lipinski definition) is 0. The van der Waals surface area contributed by atoms with Crippen LogP contribution in [0.15, 0.2) is 103 Å². The Balaban J connectivity index is 0.000000138. The van der Waals surface area contributed by atoms with E-state index in [2.05, 4.69) is 62.2 Å². The monoisotopic (exact) mass is 1340 g/mol. The number of thiazole rings is 1. The average molecular weight is 1340 g/mol. The van der Waals surface area contributed by atoms with Gasteiger partial charge >= 0.3 is 6.18 Å². The van der Waals surface area contributed by atoms with E-state index in [9.17, 15) is 40.5 Å². The molecule has 5 fully saturated rings. The number of ether oxygens (including phenoxy) is 3. The fraction of sp³-hybridized carbons (Fsp3) is 0.437. The molecule has 6 heterocycles. The fourth-order valence-electron chi connectivity index (χ4n) is 13.7. The lowest BCUT2D eigenvalue weighted by molar-refractivity contribution is -0.137. The number of fused-ring (bicyclic) bond motifs is 3. The molecule has 2 saturated heterocycles. The maximum absolute atomic E-state index is 14.2. The van der Waals surface area contributed by atoms with E-state index in [1.807, 2.05) is 87.1 Å². The summed E-state index contributed by atoms with van der Waals surface area (Å²) in [6, 6.07) is 24.1. The number of alkyl halides is 5. The first-order valence-electron chi connectivity index (χ1n) is 32.4. The number of benzene rings is 5. The van der Waals surface area contributed by atoms with Gasteiger partial charge in [0.05, 0.1) is 62.3 Å². The number of piperazine rings is 1. The van der Waals surface area contributed by atoms with Crippen molar-refractivity contribution in [1.82, 2.24) is 39.2 Å². The smallest absolute Gasteiger partial charge is 0.418 e. The molecule has 4 aromatic heterocycles. The molecule has 0 radical (unpaired) electrons. The Hall–Kier alpha value is -8.22. The highest BCUT2D eigenvalue weighted by Crippen LogP contribution is 2.43. The first-order valence-corrected chi connectivity index (χ1v) is 35.1. The second kappa shape index (κ2) is 27.5. The largest absolute Gasteiger partial charge is 0.490 e. The Morgan fingerprint density at radius 2 is 1.02 bits per heavy atom. The van der Waals surface area contributed by atoms with Crippen molar-refractivity contribution in [3.05, 3.63) is 113 Å². The molecule has 0 bridgehead atoms. The van der Waals surface area contributed by atoms with Gasteiger partial charge in [0.25, 0.3) is 6.43 Å². The molecule has 7 atom stereocenters. The number of carbonyl (C=O) groups is 3. The zero-order chi connectivity index (χ0) is 67.2. The van der Waals surface area contributed by atoms with Crippen LogP contribution < -0.4 is 23.4 Å². The van der Waals surface area contributed by atoms with E-state index in [0.29, 0.717) is 108 Å². The van der Waals surface area contributed by atoms with Crippen LogP contribution in [0.4, 0.5) is 33.3 Å². The van der Waals surface area contributed by atoms with Gasteiger partial charge < -0.3 is 24.0 Å². The van der Waals surface area contributed by atoms with Gasteiger partial charge in [-0.15, -0.1) is 11.3 Å². The highest BCUT2D eigenvalue weighted by Gasteiger charge is 2.37. The van der Waals surface area contributed by atoms with Crippen LogP contribution in [0, 0.1) is 17.8 Å². The van der Waals surface area contributed by atoms with Gasteiger partial charge in [0.2, 0.25) is 0 Å². The second-order valence-electron chi connectivity index (χ2n) is 26.1. The van der Waals surface area contributed by atoms with Gasteiger partial charge in [0, 0.05) is 167 Å². The van der Waals surface area contributed by atoms with E-state index < -0.39 is 27.9 Å². The van der Waals surface area contributed by atoms with Gasteiger partial charge in [-0.25, -0.2) is 18.0 Å². The lowest BCUT2D eigenvalue weighted by Gasteiger charge is -2.35.